The first kappa shape index (κ1) is 23.4. The van der Waals surface area contributed by atoms with E-state index in [-0.39, 0.29) is 24.0 Å². The van der Waals surface area contributed by atoms with Gasteiger partial charge in [-0.05, 0) is 51.0 Å². The monoisotopic (exact) mass is 397 g/mol. The number of pyridine rings is 1. The second-order valence-electron chi connectivity index (χ2n) is 6.66. The fraction of sp³-hybridized carbons (Fsp3) is 0.571. The molecule has 2 aromatic rings. The lowest BCUT2D eigenvalue weighted by molar-refractivity contribution is 0.295. The maximum absolute atomic E-state index is 14.6. The third kappa shape index (κ3) is 6.22. The van der Waals surface area contributed by atoms with Crippen molar-refractivity contribution in [1.29, 1.82) is 0 Å². The summed E-state index contributed by atoms with van der Waals surface area (Å²) in [6.45, 7) is 10.6. The van der Waals surface area contributed by atoms with Gasteiger partial charge in [-0.25, -0.2) is 4.39 Å². The van der Waals surface area contributed by atoms with Crippen LogP contribution in [0.3, 0.4) is 0 Å². The van der Waals surface area contributed by atoms with Gasteiger partial charge in [0.05, 0.1) is 18.3 Å². The zero-order valence-corrected chi connectivity index (χ0v) is 17.8. The Balaban J connectivity index is 0.00000364. The Morgan fingerprint density at radius 3 is 2.52 bits per heavy atom. The quantitative estimate of drug-likeness (QED) is 0.513. The summed E-state index contributed by atoms with van der Waals surface area (Å²) in [7, 11) is 1.50. The smallest absolute Gasteiger partial charge is 0.174 e. The number of nitrogens with one attached hydrogen (secondary N) is 1. The van der Waals surface area contributed by atoms with Crippen molar-refractivity contribution in [1.82, 2.24) is 9.88 Å². The van der Waals surface area contributed by atoms with Gasteiger partial charge >= 0.3 is 0 Å². The van der Waals surface area contributed by atoms with E-state index in [0.717, 1.165) is 37.3 Å². The highest BCUT2D eigenvalue weighted by atomic mass is 35.5. The van der Waals surface area contributed by atoms with E-state index in [1.807, 2.05) is 13.0 Å². The predicted octanol–water partition coefficient (Wildman–Crippen LogP) is 5.43. The van der Waals surface area contributed by atoms with Crippen LogP contribution < -0.4 is 10.1 Å². The van der Waals surface area contributed by atoms with E-state index < -0.39 is 0 Å². The molecule has 1 aromatic carbocycles. The summed E-state index contributed by atoms with van der Waals surface area (Å²) in [5.41, 5.74) is 2.38. The molecule has 6 heteroatoms. The Morgan fingerprint density at radius 2 is 1.85 bits per heavy atom. The fourth-order valence-electron chi connectivity index (χ4n) is 3.29. The topological polar surface area (TPSA) is 37.4 Å². The van der Waals surface area contributed by atoms with Gasteiger partial charge in [0.25, 0.3) is 0 Å². The lowest BCUT2D eigenvalue weighted by atomic mass is 10.1. The number of fused-ring (bicyclic) bond motifs is 1. The Hall–Kier alpha value is -1.59. The molecule has 0 saturated carbocycles. The summed E-state index contributed by atoms with van der Waals surface area (Å²) in [6, 6.07) is 3.54. The second-order valence-corrected chi connectivity index (χ2v) is 6.66. The van der Waals surface area contributed by atoms with Crippen molar-refractivity contribution in [2.75, 3.05) is 38.6 Å². The number of hydrogen-bond acceptors (Lipinski definition) is 4. The van der Waals surface area contributed by atoms with Crippen molar-refractivity contribution in [3.8, 4) is 5.75 Å². The van der Waals surface area contributed by atoms with Crippen molar-refractivity contribution < 1.29 is 9.13 Å². The third-order valence-electron chi connectivity index (χ3n) is 4.96. The molecule has 0 bridgehead atoms. The highest BCUT2D eigenvalue weighted by Gasteiger charge is 2.15. The van der Waals surface area contributed by atoms with E-state index in [1.165, 1.54) is 32.9 Å². The van der Waals surface area contributed by atoms with Gasteiger partial charge in [-0.1, -0.05) is 26.7 Å². The number of hydrogen-bond donors (Lipinski definition) is 1. The summed E-state index contributed by atoms with van der Waals surface area (Å²) < 4.78 is 19.8. The van der Waals surface area contributed by atoms with Gasteiger partial charge in [-0.3, -0.25) is 4.98 Å². The number of ether oxygens (including phenoxy) is 1. The summed E-state index contributed by atoms with van der Waals surface area (Å²) in [4.78, 5) is 6.84. The first-order valence-electron chi connectivity index (χ1n) is 9.70. The van der Waals surface area contributed by atoms with Gasteiger partial charge in [-0.15, -0.1) is 12.4 Å². The molecule has 0 unspecified atom stereocenters. The summed E-state index contributed by atoms with van der Waals surface area (Å²) in [6.07, 6.45) is 6.49. The number of benzene rings is 1. The molecule has 0 aliphatic rings. The number of aromatic nitrogens is 1. The van der Waals surface area contributed by atoms with Crippen LogP contribution in [0.1, 0.15) is 45.1 Å². The van der Waals surface area contributed by atoms with E-state index in [0.29, 0.717) is 10.9 Å². The molecular weight excluding hydrogens is 365 g/mol. The normalized spacial score (nSPS) is 10.9. The Labute approximate surface area is 168 Å². The van der Waals surface area contributed by atoms with Crippen LogP contribution in [0.15, 0.2) is 18.3 Å². The van der Waals surface area contributed by atoms with Crippen molar-refractivity contribution in [2.45, 2.75) is 46.5 Å². The molecule has 0 amide bonds. The van der Waals surface area contributed by atoms with Gasteiger partial charge in [-0.2, -0.15) is 0 Å². The van der Waals surface area contributed by atoms with E-state index in [4.69, 9.17) is 4.74 Å². The van der Waals surface area contributed by atoms with Crippen LogP contribution in [-0.2, 0) is 0 Å². The molecule has 0 aliphatic carbocycles. The van der Waals surface area contributed by atoms with Gasteiger partial charge in [0, 0.05) is 24.2 Å². The number of aryl methyl sites for hydroxylation is 1. The van der Waals surface area contributed by atoms with Crippen LogP contribution in [0, 0.1) is 12.7 Å². The standard InChI is InChI=1S/C21H32FN3O.ClH/c1-5-25(6-2)14-10-8-7-9-12-23-17-15-18(26-4)20(22)19-16(3)11-13-24-21(17)19;/h11,13,15,23H,5-10,12,14H2,1-4H3;1H. The van der Waals surface area contributed by atoms with Gasteiger partial charge in [0.15, 0.2) is 11.6 Å². The van der Waals surface area contributed by atoms with Crippen LogP contribution in [0.2, 0.25) is 0 Å². The first-order chi connectivity index (χ1) is 12.6. The maximum atomic E-state index is 14.6. The molecule has 0 fully saturated rings. The molecule has 0 radical (unpaired) electrons. The van der Waals surface area contributed by atoms with Crippen LogP contribution in [0.25, 0.3) is 10.9 Å². The van der Waals surface area contributed by atoms with Gasteiger partial charge in [0.2, 0.25) is 0 Å². The lowest BCUT2D eigenvalue weighted by Crippen LogP contribution is -2.23. The molecule has 0 atom stereocenters. The highest BCUT2D eigenvalue weighted by molar-refractivity contribution is 5.94. The number of anilines is 1. The SMILES string of the molecule is CCN(CC)CCCCCCNc1cc(OC)c(F)c2c(C)ccnc12.Cl. The fourth-order valence-corrected chi connectivity index (χ4v) is 3.29. The van der Waals surface area contributed by atoms with Gasteiger partial charge < -0.3 is 15.0 Å². The van der Waals surface area contributed by atoms with Crippen molar-refractivity contribution in [3.63, 3.8) is 0 Å². The minimum Gasteiger partial charge on any atom is -0.494 e. The van der Waals surface area contributed by atoms with Crippen molar-refractivity contribution >= 4 is 29.0 Å². The molecule has 152 valence electrons. The van der Waals surface area contributed by atoms with E-state index in [9.17, 15) is 4.39 Å². The number of rotatable bonds is 11. The number of halogens is 2. The average Bonchev–Trinajstić information content (AvgIpc) is 2.65. The molecule has 1 heterocycles. The molecule has 2 rings (SSSR count). The second kappa shape index (κ2) is 12.0. The van der Waals surface area contributed by atoms with E-state index >= 15 is 0 Å². The highest BCUT2D eigenvalue weighted by Crippen LogP contribution is 2.33. The van der Waals surface area contributed by atoms with Crippen LogP contribution in [-0.4, -0.2) is 43.2 Å². The Bertz CT molecular complexity index is 707. The van der Waals surface area contributed by atoms with Crippen LogP contribution in [0.4, 0.5) is 10.1 Å². The largest absolute Gasteiger partial charge is 0.494 e. The van der Waals surface area contributed by atoms with Crippen LogP contribution >= 0.6 is 12.4 Å². The van der Waals surface area contributed by atoms with E-state index in [1.54, 1.807) is 12.3 Å². The zero-order chi connectivity index (χ0) is 18.9. The molecule has 4 nitrogen and oxygen atoms in total. The summed E-state index contributed by atoms with van der Waals surface area (Å²) in [5.74, 6) is -0.0784. The average molecular weight is 398 g/mol. The summed E-state index contributed by atoms with van der Waals surface area (Å²) >= 11 is 0. The molecule has 0 spiro atoms. The molecule has 0 saturated heterocycles. The van der Waals surface area contributed by atoms with Gasteiger partial charge in [0.1, 0.15) is 0 Å². The van der Waals surface area contributed by atoms with Crippen molar-refractivity contribution in [3.05, 3.63) is 29.7 Å². The number of nitrogens with zero attached hydrogens (tertiary/aromatic N) is 2. The lowest BCUT2D eigenvalue weighted by Gasteiger charge is -2.17. The molecule has 27 heavy (non-hydrogen) atoms. The summed E-state index contributed by atoms with van der Waals surface area (Å²) in [5, 5.41) is 3.95. The zero-order valence-electron chi connectivity index (χ0n) is 17.0. The molecular formula is C21H33ClFN3O. The Kier molecular flexibility index (Phi) is 10.4. The van der Waals surface area contributed by atoms with E-state index in [2.05, 4.69) is 29.0 Å². The van der Waals surface area contributed by atoms with Crippen molar-refractivity contribution in [2.24, 2.45) is 0 Å². The third-order valence-corrected chi connectivity index (χ3v) is 4.96. The first-order valence-corrected chi connectivity index (χ1v) is 9.70. The Morgan fingerprint density at radius 1 is 1.15 bits per heavy atom. The number of unbranched alkanes of at least 4 members (excludes halogenated alkanes) is 3. The predicted molar refractivity (Wildman–Crippen MR) is 115 cm³/mol. The molecule has 1 N–H and O–H groups in total. The molecule has 0 aliphatic heterocycles. The molecule has 1 aromatic heterocycles. The minimum atomic E-state index is -0.338. The van der Waals surface area contributed by atoms with Crippen LogP contribution in [0.5, 0.6) is 5.75 Å². The maximum Gasteiger partial charge on any atom is 0.174 e. The number of methoxy groups -OCH3 is 1. The minimum absolute atomic E-state index is 0.